The summed E-state index contributed by atoms with van der Waals surface area (Å²) < 4.78 is 7.97. The zero-order chi connectivity index (χ0) is 17.1. The molecule has 0 radical (unpaired) electrons. The molecular formula is C21H27N3O. The molecule has 2 heterocycles. The Kier molecular flexibility index (Phi) is 4.97. The van der Waals surface area contributed by atoms with Gasteiger partial charge in [-0.2, -0.15) is 0 Å². The van der Waals surface area contributed by atoms with Crippen LogP contribution in [0, 0.1) is 0 Å². The number of allylic oxidation sites excluding steroid dienone is 2. The summed E-state index contributed by atoms with van der Waals surface area (Å²) in [6, 6.07) is 0. The van der Waals surface area contributed by atoms with Crippen molar-refractivity contribution >= 4 is 11.2 Å². The highest BCUT2D eigenvalue weighted by atomic mass is 16.5. The van der Waals surface area contributed by atoms with Gasteiger partial charge in [-0.15, -0.1) is 0 Å². The SMILES string of the molecule is C/C=C/COCCC1=CCc2ncc3nc(C4CCCCC4)cn3c21. The minimum atomic E-state index is 0.627. The van der Waals surface area contributed by atoms with Gasteiger partial charge in [0.05, 0.1) is 36.5 Å². The van der Waals surface area contributed by atoms with Crippen LogP contribution < -0.4 is 0 Å². The third-order valence-electron chi connectivity index (χ3n) is 5.44. The minimum Gasteiger partial charge on any atom is -0.377 e. The van der Waals surface area contributed by atoms with Crippen molar-refractivity contribution in [1.82, 2.24) is 14.4 Å². The lowest BCUT2D eigenvalue weighted by molar-refractivity contribution is 0.169. The molecule has 0 aromatic carbocycles. The molecule has 2 aromatic rings. The molecular weight excluding hydrogens is 310 g/mol. The van der Waals surface area contributed by atoms with Crippen LogP contribution in [0.15, 0.2) is 30.6 Å². The van der Waals surface area contributed by atoms with Crippen LogP contribution in [0.2, 0.25) is 0 Å². The number of fused-ring (bicyclic) bond motifs is 3. The molecule has 0 spiro atoms. The van der Waals surface area contributed by atoms with Crippen molar-refractivity contribution in [3.05, 3.63) is 47.7 Å². The third-order valence-corrected chi connectivity index (χ3v) is 5.44. The average molecular weight is 337 g/mol. The molecule has 0 amide bonds. The van der Waals surface area contributed by atoms with E-state index < -0.39 is 0 Å². The Hall–Kier alpha value is -1.94. The zero-order valence-corrected chi connectivity index (χ0v) is 15.1. The fourth-order valence-electron chi connectivity index (χ4n) is 4.07. The lowest BCUT2D eigenvalue weighted by atomic mass is 9.87. The number of aromatic nitrogens is 3. The largest absolute Gasteiger partial charge is 0.377 e. The molecule has 0 bridgehead atoms. The molecule has 2 aromatic heterocycles. The lowest BCUT2D eigenvalue weighted by Crippen LogP contribution is -2.04. The molecule has 2 aliphatic rings. The van der Waals surface area contributed by atoms with Crippen LogP contribution in [-0.4, -0.2) is 27.6 Å². The van der Waals surface area contributed by atoms with E-state index in [9.17, 15) is 0 Å². The van der Waals surface area contributed by atoms with Crippen LogP contribution >= 0.6 is 0 Å². The Morgan fingerprint density at radius 1 is 1.28 bits per heavy atom. The summed E-state index contributed by atoms with van der Waals surface area (Å²) in [4.78, 5) is 9.57. The van der Waals surface area contributed by atoms with E-state index >= 15 is 0 Å². The van der Waals surface area contributed by atoms with Crippen LogP contribution in [0.25, 0.3) is 11.2 Å². The van der Waals surface area contributed by atoms with Gasteiger partial charge in [0.1, 0.15) is 0 Å². The zero-order valence-electron chi connectivity index (χ0n) is 15.1. The molecule has 1 saturated carbocycles. The van der Waals surface area contributed by atoms with E-state index in [2.05, 4.69) is 21.7 Å². The van der Waals surface area contributed by atoms with Crippen LogP contribution in [0.3, 0.4) is 0 Å². The van der Waals surface area contributed by atoms with Gasteiger partial charge in [-0.1, -0.05) is 37.5 Å². The summed E-state index contributed by atoms with van der Waals surface area (Å²) in [7, 11) is 0. The summed E-state index contributed by atoms with van der Waals surface area (Å²) in [6.45, 7) is 3.45. The van der Waals surface area contributed by atoms with Gasteiger partial charge in [-0.05, 0) is 31.8 Å². The fraction of sp³-hybridized carbons (Fsp3) is 0.524. The van der Waals surface area contributed by atoms with Crippen molar-refractivity contribution in [1.29, 1.82) is 0 Å². The maximum absolute atomic E-state index is 5.69. The van der Waals surface area contributed by atoms with Crippen LogP contribution in [0.4, 0.5) is 0 Å². The average Bonchev–Trinajstić information content (AvgIpc) is 3.26. The monoisotopic (exact) mass is 337 g/mol. The van der Waals surface area contributed by atoms with E-state index in [4.69, 9.17) is 9.72 Å². The molecule has 25 heavy (non-hydrogen) atoms. The number of nitrogens with zero attached hydrogens (tertiary/aromatic N) is 3. The van der Waals surface area contributed by atoms with Gasteiger partial charge in [0.15, 0.2) is 5.65 Å². The van der Waals surface area contributed by atoms with Gasteiger partial charge < -0.3 is 4.74 Å². The Labute approximate surface area is 149 Å². The Morgan fingerprint density at radius 2 is 2.16 bits per heavy atom. The highest BCUT2D eigenvalue weighted by Gasteiger charge is 2.23. The van der Waals surface area contributed by atoms with E-state index in [1.165, 1.54) is 54.8 Å². The van der Waals surface area contributed by atoms with Gasteiger partial charge in [-0.25, -0.2) is 4.98 Å². The molecule has 4 heteroatoms. The number of ether oxygens (including phenoxy) is 1. The minimum absolute atomic E-state index is 0.627. The van der Waals surface area contributed by atoms with Crippen molar-refractivity contribution in [3.8, 4) is 0 Å². The van der Waals surface area contributed by atoms with Crippen molar-refractivity contribution in [2.24, 2.45) is 0 Å². The van der Waals surface area contributed by atoms with Crippen molar-refractivity contribution in [3.63, 3.8) is 0 Å². The van der Waals surface area contributed by atoms with Crippen LogP contribution in [0.1, 0.15) is 68.4 Å². The second-order valence-electron chi connectivity index (χ2n) is 7.11. The highest BCUT2D eigenvalue weighted by molar-refractivity contribution is 5.71. The highest BCUT2D eigenvalue weighted by Crippen LogP contribution is 2.34. The van der Waals surface area contributed by atoms with Gasteiger partial charge in [0.2, 0.25) is 0 Å². The molecule has 0 N–H and O–H groups in total. The Balaban J connectivity index is 1.56. The number of imidazole rings is 1. The maximum atomic E-state index is 5.69. The Bertz CT molecular complexity index is 797. The summed E-state index contributed by atoms with van der Waals surface area (Å²) in [5, 5.41) is 0. The van der Waals surface area contributed by atoms with Gasteiger partial charge in [0, 0.05) is 18.5 Å². The second-order valence-corrected chi connectivity index (χ2v) is 7.11. The third kappa shape index (κ3) is 3.40. The normalized spacial score (nSPS) is 18.2. The molecule has 4 nitrogen and oxygen atoms in total. The predicted molar refractivity (Wildman–Crippen MR) is 101 cm³/mol. The molecule has 2 aliphatic carbocycles. The topological polar surface area (TPSA) is 39.4 Å². The van der Waals surface area contributed by atoms with E-state index in [1.54, 1.807) is 0 Å². The number of hydrogen-bond donors (Lipinski definition) is 0. The molecule has 1 fully saturated rings. The van der Waals surface area contributed by atoms with E-state index in [1.807, 2.05) is 25.3 Å². The molecule has 0 aliphatic heterocycles. The molecule has 0 unspecified atom stereocenters. The fourth-order valence-corrected chi connectivity index (χ4v) is 4.07. The first-order valence-corrected chi connectivity index (χ1v) is 9.62. The lowest BCUT2D eigenvalue weighted by Gasteiger charge is -2.19. The van der Waals surface area contributed by atoms with E-state index in [0.717, 1.165) is 25.1 Å². The van der Waals surface area contributed by atoms with Gasteiger partial charge in [0.25, 0.3) is 0 Å². The van der Waals surface area contributed by atoms with Crippen LogP contribution in [-0.2, 0) is 11.2 Å². The first-order chi connectivity index (χ1) is 12.4. The second kappa shape index (κ2) is 7.52. The van der Waals surface area contributed by atoms with Crippen molar-refractivity contribution in [2.45, 2.75) is 57.8 Å². The first-order valence-electron chi connectivity index (χ1n) is 9.62. The molecule has 4 rings (SSSR count). The molecule has 0 atom stereocenters. The van der Waals surface area contributed by atoms with Crippen LogP contribution in [0.5, 0.6) is 0 Å². The summed E-state index contributed by atoms with van der Waals surface area (Å²) in [5.74, 6) is 0.627. The number of rotatable bonds is 6. The first kappa shape index (κ1) is 16.5. The van der Waals surface area contributed by atoms with Crippen molar-refractivity contribution in [2.75, 3.05) is 13.2 Å². The summed E-state index contributed by atoms with van der Waals surface area (Å²) in [6.07, 6.45) is 19.0. The molecule has 132 valence electrons. The van der Waals surface area contributed by atoms with E-state index in [0.29, 0.717) is 12.5 Å². The van der Waals surface area contributed by atoms with Gasteiger partial charge in [-0.3, -0.25) is 9.38 Å². The Morgan fingerprint density at radius 3 is 3.00 bits per heavy atom. The van der Waals surface area contributed by atoms with E-state index in [-0.39, 0.29) is 0 Å². The van der Waals surface area contributed by atoms with Crippen molar-refractivity contribution < 1.29 is 4.74 Å². The predicted octanol–water partition coefficient (Wildman–Crippen LogP) is 4.70. The van der Waals surface area contributed by atoms with Gasteiger partial charge >= 0.3 is 0 Å². The smallest absolute Gasteiger partial charge is 0.156 e. The standard InChI is InChI=1S/C21H27N3O/c1-2-3-12-25-13-11-17-9-10-18-21(17)24-15-19(23-20(24)14-22-18)16-7-5-4-6-8-16/h2-3,9,14-16H,4-8,10-13H2,1H3/b3-2+. The summed E-state index contributed by atoms with van der Waals surface area (Å²) in [5.41, 5.74) is 6.01. The number of hydrogen-bond acceptors (Lipinski definition) is 3. The maximum Gasteiger partial charge on any atom is 0.156 e. The quantitative estimate of drug-likeness (QED) is 0.566. The molecule has 0 saturated heterocycles. The summed E-state index contributed by atoms with van der Waals surface area (Å²) >= 11 is 0.